The summed E-state index contributed by atoms with van der Waals surface area (Å²) in [6, 6.07) is 1.88. The van der Waals surface area contributed by atoms with Crippen LogP contribution in [0.5, 0.6) is 0 Å². The second-order valence-electron chi connectivity index (χ2n) is 4.45. The molecule has 1 fully saturated rings. The van der Waals surface area contributed by atoms with Crippen LogP contribution in [0.1, 0.15) is 24.8 Å². The molecule has 0 saturated heterocycles. The van der Waals surface area contributed by atoms with Crippen molar-refractivity contribution in [1.82, 2.24) is 4.98 Å². The van der Waals surface area contributed by atoms with E-state index in [4.69, 9.17) is 5.84 Å². The molecule has 2 rings (SSSR count). The lowest BCUT2D eigenvalue weighted by molar-refractivity contribution is -0.137. The van der Waals surface area contributed by atoms with Crippen molar-refractivity contribution < 1.29 is 13.2 Å². The Kier molecular flexibility index (Phi) is 3.60. The molecule has 0 aliphatic heterocycles. The molecule has 7 heteroatoms. The Balaban J connectivity index is 2.12. The summed E-state index contributed by atoms with van der Waals surface area (Å²) in [7, 11) is 0. The largest absolute Gasteiger partial charge is 0.416 e. The highest BCUT2D eigenvalue weighted by molar-refractivity contribution is 5.49. The fourth-order valence-corrected chi connectivity index (χ4v) is 1.80. The minimum Gasteiger partial charge on any atom is -0.370 e. The van der Waals surface area contributed by atoms with E-state index in [-0.39, 0.29) is 11.6 Å². The number of nitrogens with zero attached hydrogens (tertiary/aromatic N) is 1. The maximum absolute atomic E-state index is 12.6. The highest BCUT2D eigenvalue weighted by Gasteiger charge is 2.31. The van der Waals surface area contributed by atoms with Crippen molar-refractivity contribution in [2.45, 2.75) is 25.4 Å². The molecule has 0 aromatic carbocycles. The Morgan fingerprint density at radius 2 is 1.94 bits per heavy atom. The lowest BCUT2D eigenvalue weighted by Crippen LogP contribution is -2.22. The highest BCUT2D eigenvalue weighted by atomic mass is 19.4. The number of aromatic nitrogens is 1. The second-order valence-corrected chi connectivity index (χ2v) is 4.45. The van der Waals surface area contributed by atoms with E-state index in [0.717, 1.165) is 25.0 Å². The van der Waals surface area contributed by atoms with Gasteiger partial charge < -0.3 is 10.7 Å². The van der Waals surface area contributed by atoms with Crippen LogP contribution in [0.25, 0.3) is 0 Å². The number of alkyl halides is 3. The fourth-order valence-electron chi connectivity index (χ4n) is 1.80. The minimum atomic E-state index is -4.40. The Morgan fingerprint density at radius 1 is 1.28 bits per heavy atom. The molecule has 1 aliphatic rings. The van der Waals surface area contributed by atoms with Crippen molar-refractivity contribution in [2.75, 3.05) is 17.3 Å². The monoisotopic (exact) mass is 260 g/mol. The minimum absolute atomic E-state index is 0.000865. The van der Waals surface area contributed by atoms with E-state index >= 15 is 0 Å². The zero-order valence-corrected chi connectivity index (χ0v) is 9.72. The number of hydrogen-bond acceptors (Lipinski definition) is 4. The van der Waals surface area contributed by atoms with Gasteiger partial charge in [-0.3, -0.25) is 0 Å². The molecule has 4 nitrogen and oxygen atoms in total. The predicted molar refractivity (Wildman–Crippen MR) is 62.9 cm³/mol. The maximum Gasteiger partial charge on any atom is 0.416 e. The second kappa shape index (κ2) is 5.01. The molecule has 1 aromatic rings. The average Bonchev–Trinajstić information content (AvgIpc) is 2.25. The molecule has 0 radical (unpaired) electrons. The van der Waals surface area contributed by atoms with E-state index < -0.39 is 11.7 Å². The van der Waals surface area contributed by atoms with Crippen LogP contribution in [0.2, 0.25) is 0 Å². The van der Waals surface area contributed by atoms with E-state index in [0.29, 0.717) is 12.5 Å². The van der Waals surface area contributed by atoms with Crippen LogP contribution in [0, 0.1) is 5.92 Å². The van der Waals surface area contributed by atoms with Crippen LogP contribution in [0.4, 0.5) is 24.8 Å². The van der Waals surface area contributed by atoms with Crippen LogP contribution in [0.15, 0.2) is 12.1 Å². The van der Waals surface area contributed by atoms with Gasteiger partial charge in [-0.2, -0.15) is 13.2 Å². The molecule has 4 N–H and O–H groups in total. The Bertz CT molecular complexity index is 415. The molecule has 0 amide bonds. The number of hydrazine groups is 1. The van der Waals surface area contributed by atoms with Crippen molar-refractivity contribution in [3.63, 3.8) is 0 Å². The van der Waals surface area contributed by atoms with E-state index in [1.54, 1.807) is 0 Å². The van der Waals surface area contributed by atoms with Gasteiger partial charge in [0.1, 0.15) is 11.6 Å². The van der Waals surface area contributed by atoms with Crippen molar-refractivity contribution in [2.24, 2.45) is 11.8 Å². The summed E-state index contributed by atoms with van der Waals surface area (Å²) >= 11 is 0. The third-order valence-electron chi connectivity index (χ3n) is 3.10. The van der Waals surface area contributed by atoms with Crippen LogP contribution in [-0.4, -0.2) is 11.5 Å². The van der Waals surface area contributed by atoms with Gasteiger partial charge in [-0.05, 0) is 30.9 Å². The predicted octanol–water partition coefficient (Wildman–Crippen LogP) is 2.60. The first kappa shape index (κ1) is 12.9. The van der Waals surface area contributed by atoms with Crippen molar-refractivity contribution in [1.29, 1.82) is 0 Å². The van der Waals surface area contributed by atoms with E-state index in [9.17, 15) is 13.2 Å². The molecule has 0 unspecified atom stereocenters. The Morgan fingerprint density at radius 3 is 2.44 bits per heavy atom. The summed E-state index contributed by atoms with van der Waals surface area (Å²) < 4.78 is 37.9. The molecule has 18 heavy (non-hydrogen) atoms. The SMILES string of the molecule is NNc1cc(C(F)(F)F)cc(NCC2CCC2)n1. The Labute approximate surface area is 103 Å². The average molecular weight is 260 g/mol. The number of rotatable bonds is 4. The first-order valence-electron chi connectivity index (χ1n) is 5.79. The number of anilines is 2. The highest BCUT2D eigenvalue weighted by Crippen LogP contribution is 2.32. The van der Waals surface area contributed by atoms with Crippen LogP contribution >= 0.6 is 0 Å². The number of nitrogens with two attached hydrogens (primary N) is 1. The molecule has 0 spiro atoms. The standard InChI is InChI=1S/C11H15F3N4/c12-11(13,14)8-4-9(17-10(5-8)18-15)16-6-7-2-1-3-7/h4-5,7H,1-3,6,15H2,(H2,16,17,18). The van der Waals surface area contributed by atoms with Gasteiger partial charge in [-0.25, -0.2) is 10.8 Å². The van der Waals surface area contributed by atoms with E-state index in [1.165, 1.54) is 6.42 Å². The van der Waals surface area contributed by atoms with Gasteiger partial charge in [0.15, 0.2) is 0 Å². The molecule has 1 heterocycles. The molecule has 100 valence electrons. The summed E-state index contributed by atoms with van der Waals surface area (Å²) in [4.78, 5) is 3.95. The van der Waals surface area contributed by atoms with Gasteiger partial charge in [0.25, 0.3) is 0 Å². The number of nitrogen functional groups attached to an aromatic ring is 1. The number of hydrogen-bond donors (Lipinski definition) is 3. The van der Waals surface area contributed by atoms with Gasteiger partial charge in [-0.1, -0.05) is 6.42 Å². The first-order valence-corrected chi connectivity index (χ1v) is 5.79. The van der Waals surface area contributed by atoms with Gasteiger partial charge in [0, 0.05) is 6.54 Å². The first-order chi connectivity index (χ1) is 8.49. The molecular formula is C11H15F3N4. The van der Waals surface area contributed by atoms with Gasteiger partial charge in [0.05, 0.1) is 5.56 Å². The smallest absolute Gasteiger partial charge is 0.370 e. The topological polar surface area (TPSA) is 63.0 Å². The van der Waals surface area contributed by atoms with Crippen molar-refractivity contribution in [3.05, 3.63) is 17.7 Å². The number of nitrogens with one attached hydrogen (secondary N) is 2. The molecule has 0 bridgehead atoms. The zero-order chi connectivity index (χ0) is 13.2. The molecule has 1 saturated carbocycles. The summed E-state index contributed by atoms with van der Waals surface area (Å²) in [5, 5.41) is 2.93. The van der Waals surface area contributed by atoms with Crippen LogP contribution in [0.3, 0.4) is 0 Å². The summed E-state index contributed by atoms with van der Waals surface area (Å²) in [6.07, 6.45) is -0.971. The van der Waals surface area contributed by atoms with E-state index in [1.807, 2.05) is 0 Å². The normalized spacial score (nSPS) is 16.2. The lowest BCUT2D eigenvalue weighted by Gasteiger charge is -2.25. The molecule has 0 atom stereocenters. The van der Waals surface area contributed by atoms with E-state index in [2.05, 4.69) is 15.7 Å². The zero-order valence-electron chi connectivity index (χ0n) is 9.72. The van der Waals surface area contributed by atoms with Gasteiger partial charge >= 0.3 is 6.18 Å². The molecule has 1 aromatic heterocycles. The van der Waals surface area contributed by atoms with Crippen molar-refractivity contribution >= 4 is 11.6 Å². The summed E-state index contributed by atoms with van der Waals surface area (Å²) in [5.74, 6) is 5.85. The van der Waals surface area contributed by atoms with Crippen LogP contribution in [-0.2, 0) is 6.18 Å². The molecular weight excluding hydrogens is 245 g/mol. The summed E-state index contributed by atoms with van der Waals surface area (Å²) in [6.45, 7) is 0.651. The van der Waals surface area contributed by atoms with Gasteiger partial charge in [0.2, 0.25) is 0 Å². The summed E-state index contributed by atoms with van der Waals surface area (Å²) in [5.41, 5.74) is 1.38. The van der Waals surface area contributed by atoms with Crippen LogP contribution < -0.4 is 16.6 Å². The third kappa shape index (κ3) is 3.04. The fraction of sp³-hybridized carbons (Fsp3) is 0.545. The quantitative estimate of drug-likeness (QED) is 0.575. The van der Waals surface area contributed by atoms with Crippen molar-refractivity contribution in [3.8, 4) is 0 Å². The number of halogens is 3. The lowest BCUT2D eigenvalue weighted by atomic mass is 9.85. The third-order valence-corrected chi connectivity index (χ3v) is 3.10. The Hall–Kier alpha value is -1.50. The van der Waals surface area contributed by atoms with Gasteiger partial charge in [-0.15, -0.1) is 0 Å². The maximum atomic E-state index is 12.6. The molecule has 1 aliphatic carbocycles. The number of pyridine rings is 1.